The Morgan fingerprint density at radius 1 is 1.07 bits per heavy atom. The van der Waals surface area contributed by atoms with Crippen LogP contribution in [0.1, 0.15) is 56.4 Å². The molecule has 8 heteroatoms. The van der Waals surface area contributed by atoms with Crippen molar-refractivity contribution in [2.45, 2.75) is 57.0 Å². The minimum Gasteiger partial charge on any atom is -0.481 e. The standard InChI is InChI=1S/C22H28FNO6/c23-17-7-5-15(6-8-17)19-11-12-24(22(28)30-18-3-1-2-4-18)13-16(19)14-29-21(27)10-9-20(25)26/h5-8,16,18-19H,1-4,9-14H2,(H,25,26)/t16-,19-/m1/s1. The van der Waals surface area contributed by atoms with Crippen LogP contribution in [0.3, 0.4) is 0 Å². The van der Waals surface area contributed by atoms with Gasteiger partial charge in [0, 0.05) is 19.0 Å². The molecule has 1 aromatic carbocycles. The van der Waals surface area contributed by atoms with E-state index in [2.05, 4.69) is 0 Å². The third-order valence-electron chi connectivity index (χ3n) is 5.86. The average molecular weight is 421 g/mol. The topological polar surface area (TPSA) is 93.1 Å². The van der Waals surface area contributed by atoms with Gasteiger partial charge in [-0.3, -0.25) is 9.59 Å². The van der Waals surface area contributed by atoms with Crippen LogP contribution in [0.5, 0.6) is 0 Å². The second kappa shape index (κ2) is 10.4. The van der Waals surface area contributed by atoms with Gasteiger partial charge in [-0.2, -0.15) is 0 Å². The number of amides is 1. The third kappa shape index (κ3) is 6.18. The number of carboxylic acids is 1. The summed E-state index contributed by atoms with van der Waals surface area (Å²) < 4.78 is 24.3. The van der Waals surface area contributed by atoms with E-state index in [1.54, 1.807) is 17.0 Å². The van der Waals surface area contributed by atoms with Crippen molar-refractivity contribution in [3.8, 4) is 0 Å². The number of likely N-dealkylation sites (tertiary alicyclic amines) is 1. The van der Waals surface area contributed by atoms with Crippen LogP contribution in [0.4, 0.5) is 9.18 Å². The van der Waals surface area contributed by atoms with Crippen molar-refractivity contribution >= 4 is 18.0 Å². The van der Waals surface area contributed by atoms with Crippen molar-refractivity contribution in [1.82, 2.24) is 4.90 Å². The molecule has 3 rings (SSSR count). The maximum absolute atomic E-state index is 13.3. The van der Waals surface area contributed by atoms with E-state index in [1.165, 1.54) is 12.1 Å². The number of ether oxygens (including phenoxy) is 2. The van der Waals surface area contributed by atoms with Crippen LogP contribution in [-0.4, -0.2) is 53.8 Å². The lowest BCUT2D eigenvalue weighted by atomic mass is 9.81. The number of carbonyl (C=O) groups is 3. The van der Waals surface area contributed by atoms with E-state index in [4.69, 9.17) is 14.6 Å². The Kier molecular flexibility index (Phi) is 7.65. The fourth-order valence-electron chi connectivity index (χ4n) is 4.22. The molecule has 1 aliphatic carbocycles. The van der Waals surface area contributed by atoms with Gasteiger partial charge >= 0.3 is 18.0 Å². The van der Waals surface area contributed by atoms with Gasteiger partial charge in [0.25, 0.3) is 0 Å². The number of carbonyl (C=O) groups excluding carboxylic acids is 2. The Bertz CT molecular complexity index is 746. The number of benzene rings is 1. The fraction of sp³-hybridized carbons (Fsp3) is 0.591. The molecule has 1 heterocycles. The van der Waals surface area contributed by atoms with Crippen LogP contribution in [-0.2, 0) is 19.1 Å². The molecular weight excluding hydrogens is 393 g/mol. The molecule has 0 radical (unpaired) electrons. The number of hydrogen-bond donors (Lipinski definition) is 1. The highest BCUT2D eigenvalue weighted by molar-refractivity contribution is 5.76. The Morgan fingerprint density at radius 2 is 1.77 bits per heavy atom. The molecule has 7 nitrogen and oxygen atoms in total. The largest absolute Gasteiger partial charge is 0.481 e. The first-order chi connectivity index (χ1) is 14.4. The average Bonchev–Trinajstić information content (AvgIpc) is 3.24. The van der Waals surface area contributed by atoms with Crippen LogP contribution < -0.4 is 0 Å². The molecule has 2 fully saturated rings. The normalized spacial score (nSPS) is 22.0. The van der Waals surface area contributed by atoms with Crippen molar-refractivity contribution in [3.05, 3.63) is 35.6 Å². The molecule has 0 unspecified atom stereocenters. The number of piperidine rings is 1. The lowest BCUT2D eigenvalue weighted by Crippen LogP contribution is -2.45. The van der Waals surface area contributed by atoms with Gasteiger partial charge in [-0.05, 0) is 55.7 Å². The first kappa shape index (κ1) is 22.1. The van der Waals surface area contributed by atoms with Gasteiger partial charge in [0.15, 0.2) is 0 Å². The van der Waals surface area contributed by atoms with Crippen molar-refractivity contribution in [2.75, 3.05) is 19.7 Å². The van der Waals surface area contributed by atoms with Crippen molar-refractivity contribution < 1.29 is 33.4 Å². The summed E-state index contributed by atoms with van der Waals surface area (Å²) >= 11 is 0. The van der Waals surface area contributed by atoms with Gasteiger partial charge in [0.1, 0.15) is 11.9 Å². The molecule has 1 aromatic rings. The summed E-state index contributed by atoms with van der Waals surface area (Å²) in [7, 11) is 0. The molecule has 1 saturated heterocycles. The van der Waals surface area contributed by atoms with Gasteiger partial charge in [0.2, 0.25) is 0 Å². The number of rotatable bonds is 7. The first-order valence-electron chi connectivity index (χ1n) is 10.5. The Balaban J connectivity index is 1.63. The monoisotopic (exact) mass is 421 g/mol. The van der Waals surface area contributed by atoms with Crippen LogP contribution in [0.15, 0.2) is 24.3 Å². The van der Waals surface area contributed by atoms with Crippen molar-refractivity contribution in [2.24, 2.45) is 5.92 Å². The number of aliphatic carboxylic acids is 1. The highest BCUT2D eigenvalue weighted by atomic mass is 19.1. The summed E-state index contributed by atoms with van der Waals surface area (Å²) in [5.74, 6) is -2.16. The fourth-order valence-corrected chi connectivity index (χ4v) is 4.22. The van der Waals surface area contributed by atoms with E-state index >= 15 is 0 Å². The van der Waals surface area contributed by atoms with Crippen LogP contribution in [0.2, 0.25) is 0 Å². The Labute approximate surface area is 175 Å². The SMILES string of the molecule is O=C(O)CCC(=O)OC[C@H]1CN(C(=O)OC2CCCC2)CC[C@@H]1c1ccc(F)cc1. The second-order valence-corrected chi connectivity index (χ2v) is 8.02. The first-order valence-corrected chi connectivity index (χ1v) is 10.5. The van der Waals surface area contributed by atoms with E-state index in [0.717, 1.165) is 31.2 Å². The zero-order chi connectivity index (χ0) is 21.5. The van der Waals surface area contributed by atoms with Crippen molar-refractivity contribution in [3.63, 3.8) is 0 Å². The number of esters is 1. The summed E-state index contributed by atoms with van der Waals surface area (Å²) in [5, 5.41) is 8.71. The smallest absolute Gasteiger partial charge is 0.410 e. The van der Waals surface area contributed by atoms with Gasteiger partial charge in [-0.15, -0.1) is 0 Å². The van der Waals surface area contributed by atoms with E-state index in [-0.39, 0.29) is 49.3 Å². The van der Waals surface area contributed by atoms with Gasteiger partial charge in [0.05, 0.1) is 19.4 Å². The summed E-state index contributed by atoms with van der Waals surface area (Å²) in [6.07, 6.45) is 3.70. The van der Waals surface area contributed by atoms with Gasteiger partial charge in [-0.1, -0.05) is 12.1 Å². The molecule has 1 N–H and O–H groups in total. The number of hydrogen-bond acceptors (Lipinski definition) is 5. The number of nitrogens with zero attached hydrogens (tertiary/aromatic N) is 1. The minimum atomic E-state index is -1.06. The van der Waals surface area contributed by atoms with Gasteiger partial charge < -0.3 is 19.5 Å². The molecule has 1 aliphatic heterocycles. The lowest BCUT2D eigenvalue weighted by molar-refractivity contribution is -0.149. The molecular formula is C22H28FNO6. The molecule has 164 valence electrons. The van der Waals surface area contributed by atoms with Crippen LogP contribution in [0, 0.1) is 11.7 Å². The summed E-state index contributed by atoms with van der Waals surface area (Å²) in [6, 6.07) is 6.22. The highest BCUT2D eigenvalue weighted by Crippen LogP contribution is 2.34. The number of halogens is 1. The molecule has 1 saturated carbocycles. The molecule has 2 aliphatic rings. The molecule has 0 bridgehead atoms. The van der Waals surface area contributed by atoms with E-state index < -0.39 is 11.9 Å². The Hall–Kier alpha value is -2.64. The van der Waals surface area contributed by atoms with E-state index in [9.17, 15) is 18.8 Å². The maximum Gasteiger partial charge on any atom is 0.410 e. The Morgan fingerprint density at radius 3 is 2.43 bits per heavy atom. The summed E-state index contributed by atoms with van der Waals surface area (Å²) in [6.45, 7) is 0.935. The predicted molar refractivity (Wildman–Crippen MR) is 105 cm³/mol. The highest BCUT2D eigenvalue weighted by Gasteiger charge is 2.35. The summed E-state index contributed by atoms with van der Waals surface area (Å²) in [5.41, 5.74) is 0.923. The predicted octanol–water partition coefficient (Wildman–Crippen LogP) is 3.72. The molecule has 30 heavy (non-hydrogen) atoms. The molecule has 2 atom stereocenters. The second-order valence-electron chi connectivity index (χ2n) is 8.02. The summed E-state index contributed by atoms with van der Waals surface area (Å²) in [4.78, 5) is 36.8. The zero-order valence-corrected chi connectivity index (χ0v) is 16.9. The molecule has 0 aromatic heterocycles. The van der Waals surface area contributed by atoms with E-state index in [1.807, 2.05) is 0 Å². The van der Waals surface area contributed by atoms with Gasteiger partial charge in [-0.25, -0.2) is 9.18 Å². The third-order valence-corrected chi connectivity index (χ3v) is 5.86. The molecule has 1 amide bonds. The lowest BCUT2D eigenvalue weighted by Gasteiger charge is -2.38. The van der Waals surface area contributed by atoms with Crippen molar-refractivity contribution in [1.29, 1.82) is 0 Å². The van der Waals surface area contributed by atoms with Crippen LogP contribution in [0.25, 0.3) is 0 Å². The molecule has 0 spiro atoms. The van der Waals surface area contributed by atoms with E-state index in [0.29, 0.717) is 19.5 Å². The van der Waals surface area contributed by atoms with Crippen LogP contribution >= 0.6 is 0 Å². The zero-order valence-electron chi connectivity index (χ0n) is 16.9. The quantitative estimate of drug-likeness (QED) is 0.675. The number of carboxylic acid groups (broad SMARTS) is 1. The maximum atomic E-state index is 13.3. The minimum absolute atomic E-state index is 0.00611.